The third-order valence-corrected chi connectivity index (χ3v) is 3.87. The van der Waals surface area contributed by atoms with Crippen LogP contribution in [0.1, 0.15) is 44.9 Å². The second-order valence-electron chi connectivity index (χ2n) is 5.80. The van der Waals surface area contributed by atoms with Crippen molar-refractivity contribution in [3.63, 3.8) is 0 Å². The van der Waals surface area contributed by atoms with Gasteiger partial charge in [-0.15, -0.1) is 0 Å². The Morgan fingerprint density at radius 1 is 0.522 bits per heavy atom. The van der Waals surface area contributed by atoms with Crippen LogP contribution < -0.4 is 10.6 Å². The van der Waals surface area contributed by atoms with Crippen LogP contribution in [0.4, 0.5) is 11.4 Å². The Bertz CT molecular complexity index is 454. The topological polar surface area (TPSA) is 49.8 Å². The molecule has 4 nitrogen and oxygen atoms in total. The molecule has 2 aromatic rings. The number of pyridine rings is 2. The maximum atomic E-state index is 4.01. The van der Waals surface area contributed by atoms with E-state index in [-0.39, 0.29) is 0 Å². The van der Waals surface area contributed by atoms with Crippen LogP contribution in [0.2, 0.25) is 0 Å². The van der Waals surface area contributed by atoms with Gasteiger partial charge >= 0.3 is 0 Å². The molecule has 0 amide bonds. The summed E-state index contributed by atoms with van der Waals surface area (Å²) in [5.41, 5.74) is 2.34. The molecule has 0 saturated carbocycles. The van der Waals surface area contributed by atoms with Crippen molar-refractivity contribution in [2.24, 2.45) is 0 Å². The minimum atomic E-state index is 1.06. The Morgan fingerprint density at radius 3 is 1.26 bits per heavy atom. The Hall–Kier alpha value is -2.10. The van der Waals surface area contributed by atoms with Gasteiger partial charge in [-0.05, 0) is 37.1 Å². The van der Waals surface area contributed by atoms with E-state index in [1.54, 1.807) is 0 Å². The third kappa shape index (κ3) is 8.19. The van der Waals surface area contributed by atoms with Gasteiger partial charge in [0.15, 0.2) is 0 Å². The number of hydrogen-bond donors (Lipinski definition) is 2. The molecule has 0 unspecified atom stereocenters. The number of nitrogens with zero attached hydrogens (tertiary/aromatic N) is 2. The molecule has 0 bridgehead atoms. The first kappa shape index (κ1) is 17.3. The fraction of sp³-hybridized carbons (Fsp3) is 0.474. The van der Waals surface area contributed by atoms with Crippen LogP contribution in [0.15, 0.2) is 49.1 Å². The molecule has 2 aromatic heterocycles. The van der Waals surface area contributed by atoms with Crippen LogP contribution in [0, 0.1) is 0 Å². The molecule has 0 aliphatic heterocycles. The second kappa shape index (κ2) is 11.5. The van der Waals surface area contributed by atoms with Crippen molar-refractivity contribution < 1.29 is 0 Å². The molecule has 23 heavy (non-hydrogen) atoms. The molecule has 124 valence electrons. The van der Waals surface area contributed by atoms with Crippen molar-refractivity contribution in [2.45, 2.75) is 44.9 Å². The van der Waals surface area contributed by atoms with Crippen molar-refractivity contribution in [3.05, 3.63) is 49.1 Å². The summed E-state index contributed by atoms with van der Waals surface area (Å²) in [5, 5.41) is 6.85. The van der Waals surface area contributed by atoms with Gasteiger partial charge in [-0.3, -0.25) is 9.97 Å². The second-order valence-corrected chi connectivity index (χ2v) is 5.80. The minimum Gasteiger partial charge on any atom is -0.385 e. The molecule has 0 aliphatic rings. The highest BCUT2D eigenvalue weighted by molar-refractivity contribution is 5.41. The van der Waals surface area contributed by atoms with Crippen molar-refractivity contribution in [2.75, 3.05) is 23.7 Å². The maximum absolute atomic E-state index is 4.01. The summed E-state index contributed by atoms with van der Waals surface area (Å²) in [5.74, 6) is 0. The molecule has 4 heteroatoms. The molecule has 0 fully saturated rings. The quantitative estimate of drug-likeness (QED) is 0.556. The number of aromatic nitrogens is 2. The Balaban J connectivity index is 1.34. The van der Waals surface area contributed by atoms with Gasteiger partial charge in [0.25, 0.3) is 0 Å². The van der Waals surface area contributed by atoms with E-state index >= 15 is 0 Å². The lowest BCUT2D eigenvalue weighted by Crippen LogP contribution is -2.01. The summed E-state index contributed by atoms with van der Waals surface area (Å²) in [4.78, 5) is 8.03. The number of nitrogens with one attached hydrogen (secondary N) is 2. The van der Waals surface area contributed by atoms with Gasteiger partial charge in [-0.2, -0.15) is 0 Å². The van der Waals surface area contributed by atoms with Crippen LogP contribution in [0.5, 0.6) is 0 Å². The smallest absolute Gasteiger partial charge is 0.0371 e. The molecule has 0 saturated heterocycles. The summed E-state index contributed by atoms with van der Waals surface area (Å²) in [6.45, 7) is 2.11. The Labute approximate surface area is 139 Å². The summed E-state index contributed by atoms with van der Waals surface area (Å²) in [7, 11) is 0. The molecular weight excluding hydrogens is 284 g/mol. The molecule has 2 N–H and O–H groups in total. The first-order valence-electron chi connectivity index (χ1n) is 8.73. The third-order valence-electron chi connectivity index (χ3n) is 3.87. The number of anilines is 2. The van der Waals surface area contributed by atoms with Crippen LogP contribution >= 0.6 is 0 Å². The normalized spacial score (nSPS) is 10.4. The largest absolute Gasteiger partial charge is 0.385 e. The van der Waals surface area contributed by atoms with Gasteiger partial charge in [0.1, 0.15) is 0 Å². The number of rotatable bonds is 12. The first-order chi connectivity index (χ1) is 11.4. The van der Waals surface area contributed by atoms with Gasteiger partial charge in [0.05, 0.1) is 0 Å². The van der Waals surface area contributed by atoms with Crippen molar-refractivity contribution in [3.8, 4) is 0 Å². The molecule has 0 aliphatic carbocycles. The maximum Gasteiger partial charge on any atom is 0.0371 e. The standard InChI is InChI=1S/C19H28N4/c1(2-4-6-12-22-18-8-14-20-15-9-18)3-5-7-13-23-19-10-16-21-17-11-19/h8-11,14-17H,1-7,12-13H2,(H,20,22)(H,21,23). The van der Waals surface area contributed by atoms with Crippen LogP contribution in [0.25, 0.3) is 0 Å². The molecule has 0 spiro atoms. The fourth-order valence-corrected chi connectivity index (χ4v) is 2.54. The number of hydrogen-bond acceptors (Lipinski definition) is 4. The SMILES string of the molecule is c1cc(NCCCCCCCCCNc2ccncc2)ccn1. The lowest BCUT2D eigenvalue weighted by Gasteiger charge is -2.06. The van der Waals surface area contributed by atoms with Gasteiger partial charge in [-0.25, -0.2) is 0 Å². The first-order valence-corrected chi connectivity index (χ1v) is 8.73. The lowest BCUT2D eigenvalue weighted by atomic mass is 10.1. The monoisotopic (exact) mass is 312 g/mol. The highest BCUT2D eigenvalue weighted by atomic mass is 14.9. The molecule has 2 rings (SSSR count). The summed E-state index contributed by atoms with van der Waals surface area (Å²) in [6.07, 6.45) is 16.4. The van der Waals surface area contributed by atoms with Gasteiger partial charge in [0, 0.05) is 49.3 Å². The van der Waals surface area contributed by atoms with Gasteiger partial charge < -0.3 is 10.6 Å². The average Bonchev–Trinajstić information content (AvgIpc) is 2.61. The van der Waals surface area contributed by atoms with E-state index in [0.29, 0.717) is 0 Å². The highest BCUT2D eigenvalue weighted by Crippen LogP contribution is 2.09. The van der Waals surface area contributed by atoms with Crippen LogP contribution in [-0.4, -0.2) is 23.1 Å². The van der Waals surface area contributed by atoms with Crippen molar-refractivity contribution in [1.29, 1.82) is 0 Å². The van der Waals surface area contributed by atoms with E-state index in [9.17, 15) is 0 Å². The molecule has 0 atom stereocenters. The van der Waals surface area contributed by atoms with E-state index in [2.05, 4.69) is 20.6 Å². The highest BCUT2D eigenvalue weighted by Gasteiger charge is 1.94. The summed E-state index contributed by atoms with van der Waals surface area (Å²) >= 11 is 0. The molecule has 0 aromatic carbocycles. The zero-order valence-electron chi connectivity index (χ0n) is 13.9. The van der Waals surface area contributed by atoms with Crippen molar-refractivity contribution >= 4 is 11.4 Å². The molecule has 2 heterocycles. The van der Waals surface area contributed by atoms with E-state index in [0.717, 1.165) is 13.1 Å². The fourth-order valence-electron chi connectivity index (χ4n) is 2.54. The average molecular weight is 312 g/mol. The Kier molecular flexibility index (Phi) is 8.60. The van der Waals surface area contributed by atoms with E-state index < -0.39 is 0 Å². The van der Waals surface area contributed by atoms with E-state index in [1.165, 1.54) is 56.3 Å². The van der Waals surface area contributed by atoms with Gasteiger partial charge in [0.2, 0.25) is 0 Å². The van der Waals surface area contributed by atoms with Crippen LogP contribution in [-0.2, 0) is 0 Å². The van der Waals surface area contributed by atoms with Gasteiger partial charge in [-0.1, -0.05) is 32.1 Å². The summed E-state index contributed by atoms with van der Waals surface area (Å²) < 4.78 is 0. The van der Waals surface area contributed by atoms with E-state index in [4.69, 9.17) is 0 Å². The zero-order chi connectivity index (χ0) is 16.0. The number of unbranched alkanes of at least 4 members (excludes halogenated alkanes) is 6. The Morgan fingerprint density at radius 2 is 0.870 bits per heavy atom. The van der Waals surface area contributed by atoms with Crippen LogP contribution in [0.3, 0.4) is 0 Å². The zero-order valence-corrected chi connectivity index (χ0v) is 13.9. The summed E-state index contributed by atoms with van der Waals surface area (Å²) in [6, 6.07) is 8.06. The minimum absolute atomic E-state index is 1.06. The van der Waals surface area contributed by atoms with E-state index in [1.807, 2.05) is 49.1 Å². The lowest BCUT2D eigenvalue weighted by molar-refractivity contribution is 0.591. The molecular formula is C19H28N4. The van der Waals surface area contributed by atoms with Crippen molar-refractivity contribution in [1.82, 2.24) is 9.97 Å². The predicted molar refractivity (Wildman–Crippen MR) is 97.8 cm³/mol. The molecule has 0 radical (unpaired) electrons. The predicted octanol–water partition coefficient (Wildman–Crippen LogP) is 4.73.